The fraction of sp³-hybridized carbons (Fsp3) is 0.429. The number of rotatable bonds is 4. The highest BCUT2D eigenvalue weighted by molar-refractivity contribution is 5.96. The molecule has 0 spiro atoms. The molecule has 0 bridgehead atoms. The summed E-state index contributed by atoms with van der Waals surface area (Å²) >= 11 is 0. The minimum absolute atomic E-state index is 0.160. The lowest BCUT2D eigenvalue weighted by molar-refractivity contribution is -0.124. The van der Waals surface area contributed by atoms with E-state index in [0.717, 1.165) is 25.1 Å². The van der Waals surface area contributed by atoms with Crippen LogP contribution in [-0.2, 0) is 4.79 Å². The van der Waals surface area contributed by atoms with E-state index in [4.69, 9.17) is 5.11 Å². The fourth-order valence-electron chi connectivity index (χ4n) is 2.43. The van der Waals surface area contributed by atoms with E-state index in [9.17, 15) is 14.0 Å². The Labute approximate surface area is 116 Å². The van der Waals surface area contributed by atoms with Crippen LogP contribution in [0.2, 0.25) is 0 Å². The third-order valence-electron chi connectivity index (χ3n) is 3.86. The predicted molar refractivity (Wildman–Crippen MR) is 72.2 cm³/mol. The van der Waals surface area contributed by atoms with Crippen molar-refractivity contribution >= 4 is 17.6 Å². The van der Waals surface area contributed by atoms with E-state index in [-0.39, 0.29) is 11.6 Å². The molecule has 1 aliphatic heterocycles. The van der Waals surface area contributed by atoms with Crippen molar-refractivity contribution in [2.45, 2.75) is 19.8 Å². The Morgan fingerprint density at radius 3 is 2.75 bits per heavy atom. The molecule has 0 aliphatic carbocycles. The number of carbonyl (C=O) groups excluding carboxylic acids is 1. The molecular weight excluding hydrogens is 263 g/mol. The molecule has 0 aromatic heterocycles. The van der Waals surface area contributed by atoms with Crippen LogP contribution in [0.1, 0.15) is 30.1 Å². The van der Waals surface area contributed by atoms with E-state index in [1.807, 2.05) is 6.92 Å². The van der Waals surface area contributed by atoms with Gasteiger partial charge >= 0.3 is 5.97 Å². The average Bonchev–Trinajstić information content (AvgIpc) is 2.88. The topological polar surface area (TPSA) is 78.4 Å². The highest BCUT2D eigenvalue weighted by atomic mass is 19.1. The third kappa shape index (κ3) is 2.65. The second kappa shape index (κ2) is 5.58. The highest BCUT2D eigenvalue weighted by Gasteiger charge is 2.39. The second-order valence-electron chi connectivity index (χ2n) is 5.01. The highest BCUT2D eigenvalue weighted by Crippen LogP contribution is 2.31. The summed E-state index contributed by atoms with van der Waals surface area (Å²) < 4.78 is 13.6. The van der Waals surface area contributed by atoms with Gasteiger partial charge in [-0.2, -0.15) is 0 Å². The van der Waals surface area contributed by atoms with Crippen LogP contribution in [0.3, 0.4) is 0 Å². The van der Waals surface area contributed by atoms with E-state index >= 15 is 0 Å². The molecule has 1 fully saturated rings. The average molecular weight is 280 g/mol. The maximum Gasteiger partial charge on any atom is 0.338 e. The number of hydrogen-bond donors (Lipinski definition) is 3. The minimum Gasteiger partial charge on any atom is -0.478 e. The molecule has 5 nitrogen and oxygen atoms in total. The van der Waals surface area contributed by atoms with Gasteiger partial charge in [-0.15, -0.1) is 0 Å². The lowest BCUT2D eigenvalue weighted by atomic mass is 9.83. The zero-order valence-corrected chi connectivity index (χ0v) is 11.2. The van der Waals surface area contributed by atoms with Crippen LogP contribution in [0, 0.1) is 11.2 Å². The SMILES string of the molecule is CCC1(C(=O)Nc2ccc(C(=O)O)c(F)c2)CCNC1. The number of halogens is 1. The third-order valence-corrected chi connectivity index (χ3v) is 3.86. The van der Waals surface area contributed by atoms with E-state index in [2.05, 4.69) is 10.6 Å². The van der Waals surface area contributed by atoms with Gasteiger partial charge in [0.2, 0.25) is 5.91 Å². The molecule has 20 heavy (non-hydrogen) atoms. The van der Waals surface area contributed by atoms with Gasteiger partial charge in [0, 0.05) is 12.2 Å². The van der Waals surface area contributed by atoms with Gasteiger partial charge in [0.05, 0.1) is 11.0 Å². The number of carboxylic acids is 1. The van der Waals surface area contributed by atoms with Crippen LogP contribution >= 0.6 is 0 Å². The zero-order valence-electron chi connectivity index (χ0n) is 11.2. The van der Waals surface area contributed by atoms with Crippen LogP contribution in [0.15, 0.2) is 18.2 Å². The van der Waals surface area contributed by atoms with Crippen molar-refractivity contribution in [1.29, 1.82) is 0 Å². The van der Waals surface area contributed by atoms with Gasteiger partial charge in [0.25, 0.3) is 0 Å². The number of nitrogens with one attached hydrogen (secondary N) is 2. The molecule has 3 N–H and O–H groups in total. The maximum absolute atomic E-state index is 13.6. The number of carboxylic acid groups (broad SMARTS) is 1. The predicted octanol–water partition coefficient (Wildman–Crippen LogP) is 1.85. The Kier molecular flexibility index (Phi) is 4.04. The van der Waals surface area contributed by atoms with E-state index in [1.165, 1.54) is 6.07 Å². The molecule has 2 rings (SSSR count). The first-order valence-electron chi connectivity index (χ1n) is 6.53. The van der Waals surface area contributed by atoms with Crippen molar-refractivity contribution in [1.82, 2.24) is 5.32 Å². The van der Waals surface area contributed by atoms with Gasteiger partial charge in [0.15, 0.2) is 0 Å². The van der Waals surface area contributed by atoms with Crippen LogP contribution in [0.25, 0.3) is 0 Å². The fourth-order valence-corrected chi connectivity index (χ4v) is 2.43. The summed E-state index contributed by atoms with van der Waals surface area (Å²) in [5, 5.41) is 14.6. The lowest BCUT2D eigenvalue weighted by Crippen LogP contribution is -2.37. The number of hydrogen-bond acceptors (Lipinski definition) is 3. The first-order chi connectivity index (χ1) is 9.48. The minimum atomic E-state index is -1.33. The maximum atomic E-state index is 13.6. The normalized spacial score (nSPS) is 21.7. The zero-order chi connectivity index (χ0) is 14.8. The van der Waals surface area contributed by atoms with Gasteiger partial charge in [-0.1, -0.05) is 6.92 Å². The van der Waals surface area contributed by atoms with Gasteiger partial charge < -0.3 is 15.7 Å². The summed E-state index contributed by atoms with van der Waals surface area (Å²) in [6.45, 7) is 3.33. The van der Waals surface area contributed by atoms with Crippen LogP contribution in [-0.4, -0.2) is 30.1 Å². The standard InChI is InChI=1S/C14H17FN2O3/c1-2-14(5-6-16-8-14)13(20)17-9-3-4-10(12(18)19)11(15)7-9/h3-4,7,16H,2,5-6,8H2,1H3,(H,17,20)(H,18,19). The Morgan fingerprint density at radius 2 is 2.25 bits per heavy atom. The van der Waals surface area contributed by atoms with Gasteiger partial charge in [-0.25, -0.2) is 9.18 Å². The quantitative estimate of drug-likeness (QED) is 0.786. The summed E-state index contributed by atoms with van der Waals surface area (Å²) in [6, 6.07) is 3.59. The lowest BCUT2D eigenvalue weighted by Gasteiger charge is -2.25. The summed E-state index contributed by atoms with van der Waals surface area (Å²) in [7, 11) is 0. The number of anilines is 1. The summed E-state index contributed by atoms with van der Waals surface area (Å²) in [6.07, 6.45) is 1.44. The Bertz CT molecular complexity index is 539. The molecular formula is C14H17FN2O3. The number of aromatic carboxylic acids is 1. The molecule has 1 aliphatic rings. The molecule has 1 aromatic carbocycles. The van der Waals surface area contributed by atoms with Crippen LogP contribution in [0.4, 0.5) is 10.1 Å². The first kappa shape index (κ1) is 14.5. The Balaban J connectivity index is 2.16. The molecule has 0 saturated carbocycles. The van der Waals surface area contributed by atoms with E-state index < -0.39 is 22.8 Å². The summed E-state index contributed by atoms with van der Waals surface area (Å²) in [5.41, 5.74) is -0.602. The van der Waals surface area contributed by atoms with Crippen molar-refractivity contribution in [3.8, 4) is 0 Å². The number of carbonyl (C=O) groups is 2. The number of benzene rings is 1. The van der Waals surface area contributed by atoms with Crippen molar-refractivity contribution < 1.29 is 19.1 Å². The molecule has 108 valence electrons. The Morgan fingerprint density at radius 1 is 1.50 bits per heavy atom. The molecule has 1 saturated heterocycles. The molecule has 1 heterocycles. The molecule has 1 unspecified atom stereocenters. The van der Waals surface area contributed by atoms with E-state index in [1.54, 1.807) is 0 Å². The van der Waals surface area contributed by atoms with Crippen molar-refractivity contribution in [3.63, 3.8) is 0 Å². The monoisotopic (exact) mass is 280 g/mol. The van der Waals surface area contributed by atoms with Crippen molar-refractivity contribution in [3.05, 3.63) is 29.6 Å². The largest absolute Gasteiger partial charge is 0.478 e. The summed E-state index contributed by atoms with van der Waals surface area (Å²) in [5.74, 6) is -2.34. The molecule has 1 atom stereocenters. The Hall–Kier alpha value is -1.95. The molecule has 1 amide bonds. The van der Waals surface area contributed by atoms with Crippen LogP contribution < -0.4 is 10.6 Å². The molecule has 1 aromatic rings. The molecule has 0 radical (unpaired) electrons. The number of amides is 1. The van der Waals surface area contributed by atoms with E-state index in [0.29, 0.717) is 13.0 Å². The van der Waals surface area contributed by atoms with Crippen LogP contribution in [0.5, 0.6) is 0 Å². The van der Waals surface area contributed by atoms with Crippen molar-refractivity contribution in [2.24, 2.45) is 5.41 Å². The van der Waals surface area contributed by atoms with Gasteiger partial charge in [-0.3, -0.25) is 4.79 Å². The smallest absolute Gasteiger partial charge is 0.338 e. The summed E-state index contributed by atoms with van der Waals surface area (Å²) in [4.78, 5) is 23.0. The van der Waals surface area contributed by atoms with Gasteiger partial charge in [0.1, 0.15) is 5.82 Å². The van der Waals surface area contributed by atoms with Crippen molar-refractivity contribution in [2.75, 3.05) is 18.4 Å². The van der Waals surface area contributed by atoms with Gasteiger partial charge in [-0.05, 0) is 37.6 Å². The molecule has 6 heteroatoms. The second-order valence-corrected chi connectivity index (χ2v) is 5.01. The first-order valence-corrected chi connectivity index (χ1v) is 6.53.